The molecule has 0 saturated carbocycles. The predicted octanol–water partition coefficient (Wildman–Crippen LogP) is 8.26. The van der Waals surface area contributed by atoms with Crippen LogP contribution in [0.3, 0.4) is 0 Å². The molecule has 4 nitrogen and oxygen atoms in total. The van der Waals surface area contributed by atoms with Gasteiger partial charge < -0.3 is 8.83 Å². The Morgan fingerprint density at radius 3 is 2.33 bits per heavy atom. The molecule has 0 saturated heterocycles. The van der Waals surface area contributed by atoms with E-state index in [2.05, 4.69) is 0 Å². The minimum absolute atomic E-state index is 0.612. The van der Waals surface area contributed by atoms with Crippen molar-refractivity contribution in [1.29, 1.82) is 0 Å². The molecule has 156 valence electrons. The largest absolute Gasteiger partial charge is 0.456 e. The summed E-state index contributed by atoms with van der Waals surface area (Å²) < 4.78 is 12.3. The topological polar surface area (TPSA) is 52.1 Å². The first-order valence-electron chi connectivity index (χ1n) is 10.6. The first-order chi connectivity index (χ1) is 16.3. The van der Waals surface area contributed by atoms with E-state index in [-0.39, 0.29) is 0 Å². The summed E-state index contributed by atoms with van der Waals surface area (Å²) in [6, 6.07) is 29.6. The van der Waals surface area contributed by atoms with Gasteiger partial charge in [-0.15, -0.1) is 0 Å². The molecule has 7 aromatic rings. The Kier molecular flexibility index (Phi) is 3.87. The Labute approximate surface area is 193 Å². The van der Waals surface area contributed by atoms with Crippen LogP contribution in [-0.2, 0) is 0 Å². The molecule has 0 amide bonds. The van der Waals surface area contributed by atoms with Crippen LogP contribution >= 0.6 is 11.6 Å². The zero-order valence-corrected chi connectivity index (χ0v) is 18.0. The van der Waals surface area contributed by atoms with E-state index in [4.69, 9.17) is 30.4 Å². The molecule has 0 unspecified atom stereocenters. The lowest BCUT2D eigenvalue weighted by molar-refractivity contribution is 0.667. The number of benzene rings is 4. The van der Waals surface area contributed by atoms with Gasteiger partial charge in [-0.3, -0.25) is 0 Å². The van der Waals surface area contributed by atoms with Crippen molar-refractivity contribution in [2.24, 2.45) is 0 Å². The van der Waals surface area contributed by atoms with Crippen LogP contribution in [0.4, 0.5) is 0 Å². The monoisotopic (exact) mass is 446 g/mol. The Balaban J connectivity index is 1.62. The van der Waals surface area contributed by atoms with Gasteiger partial charge in [-0.25, -0.2) is 9.97 Å². The van der Waals surface area contributed by atoms with Crippen molar-refractivity contribution in [3.05, 3.63) is 96.0 Å². The van der Waals surface area contributed by atoms with E-state index in [0.717, 1.165) is 55.2 Å². The molecular weight excluding hydrogens is 432 g/mol. The van der Waals surface area contributed by atoms with Crippen molar-refractivity contribution in [2.75, 3.05) is 0 Å². The number of para-hydroxylation sites is 1. The van der Waals surface area contributed by atoms with E-state index in [0.29, 0.717) is 16.4 Å². The Hall–Kier alpha value is -4.15. The van der Waals surface area contributed by atoms with Crippen LogP contribution in [0.25, 0.3) is 66.7 Å². The van der Waals surface area contributed by atoms with Crippen molar-refractivity contribution in [2.45, 2.75) is 0 Å². The normalized spacial score (nSPS) is 11.8. The number of rotatable bonds is 2. The Bertz CT molecular complexity index is 1830. The molecule has 0 N–H and O–H groups in total. The molecule has 0 bridgehead atoms. The Morgan fingerprint density at radius 2 is 1.42 bits per heavy atom. The van der Waals surface area contributed by atoms with Gasteiger partial charge in [-0.2, -0.15) is 0 Å². The van der Waals surface area contributed by atoms with E-state index in [9.17, 15) is 0 Å². The minimum Gasteiger partial charge on any atom is -0.456 e. The van der Waals surface area contributed by atoms with Crippen molar-refractivity contribution in [3.8, 4) is 22.6 Å². The second-order valence-electron chi connectivity index (χ2n) is 7.96. The van der Waals surface area contributed by atoms with E-state index in [1.165, 1.54) is 0 Å². The summed E-state index contributed by atoms with van der Waals surface area (Å²) in [6.07, 6.45) is 0. The zero-order chi connectivity index (χ0) is 21.9. The number of aromatic nitrogens is 2. The summed E-state index contributed by atoms with van der Waals surface area (Å²) in [4.78, 5) is 10.0. The van der Waals surface area contributed by atoms with Gasteiger partial charge in [-0.1, -0.05) is 66.2 Å². The smallest absolute Gasteiger partial charge is 0.180 e. The first-order valence-corrected chi connectivity index (χ1v) is 11.0. The van der Waals surface area contributed by atoms with Gasteiger partial charge in [0.2, 0.25) is 0 Å². The highest BCUT2D eigenvalue weighted by Crippen LogP contribution is 2.39. The number of furan rings is 2. The lowest BCUT2D eigenvalue weighted by Crippen LogP contribution is -1.94. The second kappa shape index (κ2) is 6.92. The molecule has 0 spiro atoms. The van der Waals surface area contributed by atoms with E-state index >= 15 is 0 Å². The summed E-state index contributed by atoms with van der Waals surface area (Å²) in [5.41, 5.74) is 6.42. The van der Waals surface area contributed by atoms with Crippen LogP contribution in [0.2, 0.25) is 5.02 Å². The van der Waals surface area contributed by atoms with E-state index in [1.54, 1.807) is 0 Å². The van der Waals surface area contributed by atoms with Crippen LogP contribution in [0, 0.1) is 0 Å². The van der Waals surface area contributed by atoms with Gasteiger partial charge >= 0.3 is 0 Å². The maximum Gasteiger partial charge on any atom is 0.180 e. The van der Waals surface area contributed by atoms with Crippen molar-refractivity contribution < 1.29 is 8.83 Å². The lowest BCUT2D eigenvalue weighted by atomic mass is 10.0. The standard InChI is InChI=1S/C28H15ClN2O2/c29-17-13-14-22-20(15-17)24-19(10-6-12-23(24)32-22)28-30-25(16-7-2-1-3-8-16)27-26(31-28)18-9-4-5-11-21(18)33-27/h1-15H. The fraction of sp³-hybridized carbons (Fsp3) is 0. The van der Waals surface area contributed by atoms with Crippen molar-refractivity contribution >= 4 is 55.6 Å². The molecule has 33 heavy (non-hydrogen) atoms. The van der Waals surface area contributed by atoms with Crippen LogP contribution in [0.5, 0.6) is 0 Å². The molecule has 0 atom stereocenters. The fourth-order valence-corrected chi connectivity index (χ4v) is 4.66. The van der Waals surface area contributed by atoms with Gasteiger partial charge in [0.15, 0.2) is 11.4 Å². The number of nitrogens with zero attached hydrogens (tertiary/aromatic N) is 2. The molecule has 0 aliphatic carbocycles. The molecular formula is C28H15ClN2O2. The van der Waals surface area contributed by atoms with E-state index in [1.807, 2.05) is 91.0 Å². The van der Waals surface area contributed by atoms with Crippen LogP contribution in [0.15, 0.2) is 99.8 Å². The molecule has 5 heteroatoms. The summed E-state index contributed by atoms with van der Waals surface area (Å²) in [5.74, 6) is 0.612. The molecule has 7 rings (SSSR count). The maximum absolute atomic E-state index is 6.32. The summed E-state index contributed by atoms with van der Waals surface area (Å²) in [6.45, 7) is 0. The van der Waals surface area contributed by atoms with Gasteiger partial charge in [0.1, 0.15) is 28.0 Å². The zero-order valence-electron chi connectivity index (χ0n) is 17.2. The predicted molar refractivity (Wildman–Crippen MR) is 132 cm³/mol. The van der Waals surface area contributed by atoms with Crippen LogP contribution in [-0.4, -0.2) is 9.97 Å². The molecule has 3 aromatic heterocycles. The summed E-state index contributed by atoms with van der Waals surface area (Å²) in [7, 11) is 0. The average molecular weight is 447 g/mol. The highest BCUT2D eigenvalue weighted by Gasteiger charge is 2.20. The number of fused-ring (bicyclic) bond motifs is 6. The lowest BCUT2D eigenvalue weighted by Gasteiger charge is -2.07. The highest BCUT2D eigenvalue weighted by molar-refractivity contribution is 6.32. The van der Waals surface area contributed by atoms with Gasteiger partial charge in [-0.05, 0) is 36.4 Å². The SMILES string of the molecule is Clc1ccc2oc3cccc(-c4nc(-c5ccccc5)c5oc6ccccc6c5n4)c3c2c1. The molecule has 0 radical (unpaired) electrons. The fourth-order valence-electron chi connectivity index (χ4n) is 4.49. The highest BCUT2D eigenvalue weighted by atomic mass is 35.5. The summed E-state index contributed by atoms with van der Waals surface area (Å²) in [5, 5.41) is 3.50. The molecule has 3 heterocycles. The molecule has 4 aromatic carbocycles. The number of halogens is 1. The summed E-state index contributed by atoms with van der Waals surface area (Å²) >= 11 is 6.32. The van der Waals surface area contributed by atoms with Gasteiger partial charge in [0.05, 0.1) is 0 Å². The quantitative estimate of drug-likeness (QED) is 0.268. The molecule has 0 aliphatic heterocycles. The molecule has 0 aliphatic rings. The van der Waals surface area contributed by atoms with E-state index < -0.39 is 0 Å². The van der Waals surface area contributed by atoms with Gasteiger partial charge in [0.25, 0.3) is 0 Å². The van der Waals surface area contributed by atoms with Crippen molar-refractivity contribution in [1.82, 2.24) is 9.97 Å². The number of hydrogen-bond donors (Lipinski definition) is 0. The van der Waals surface area contributed by atoms with Crippen LogP contribution in [0.1, 0.15) is 0 Å². The maximum atomic E-state index is 6.32. The number of hydrogen-bond acceptors (Lipinski definition) is 4. The first kappa shape index (κ1) is 18.4. The second-order valence-corrected chi connectivity index (χ2v) is 8.40. The Morgan fingerprint density at radius 1 is 0.636 bits per heavy atom. The van der Waals surface area contributed by atoms with Crippen molar-refractivity contribution in [3.63, 3.8) is 0 Å². The van der Waals surface area contributed by atoms with Crippen LogP contribution < -0.4 is 0 Å². The third kappa shape index (κ3) is 2.78. The minimum atomic E-state index is 0.612. The van der Waals surface area contributed by atoms with Gasteiger partial charge in [0, 0.05) is 32.3 Å². The average Bonchev–Trinajstić information content (AvgIpc) is 3.42. The third-order valence-electron chi connectivity index (χ3n) is 5.96. The third-order valence-corrected chi connectivity index (χ3v) is 6.20. The molecule has 0 fully saturated rings.